The molecule has 0 aromatic heterocycles. The van der Waals surface area contributed by atoms with Gasteiger partial charge in [0.15, 0.2) is 5.78 Å². The summed E-state index contributed by atoms with van der Waals surface area (Å²) < 4.78 is 0. The maximum Gasteiger partial charge on any atom is 0.246 e. The van der Waals surface area contributed by atoms with Crippen LogP contribution in [-0.2, 0) is 9.59 Å². The van der Waals surface area contributed by atoms with Crippen molar-refractivity contribution in [1.82, 2.24) is 4.90 Å². The minimum atomic E-state index is -0.266. The van der Waals surface area contributed by atoms with Crippen LogP contribution in [-0.4, -0.2) is 29.2 Å². The first-order valence-electron chi connectivity index (χ1n) is 3.30. The number of carbonyl (C=O) groups is 2. The molecule has 3 heteroatoms. The third-order valence-corrected chi connectivity index (χ3v) is 1.60. The number of hydrogen-bond donors (Lipinski definition) is 0. The van der Waals surface area contributed by atoms with E-state index in [-0.39, 0.29) is 17.7 Å². The molecule has 0 aliphatic carbocycles. The maximum atomic E-state index is 10.9. The zero-order chi connectivity index (χ0) is 8.43. The number of rotatable bonds is 3. The summed E-state index contributed by atoms with van der Waals surface area (Å²) in [4.78, 5) is 23.1. The first-order chi connectivity index (χ1) is 5.20. The molecule has 1 amide bonds. The van der Waals surface area contributed by atoms with E-state index in [1.807, 2.05) is 0 Å². The Balaban J connectivity index is 2.49. The fraction of sp³-hybridized carbons (Fsp3) is 0.250. The minimum absolute atomic E-state index is 0.0970. The Labute approximate surface area is 65.0 Å². The van der Waals surface area contributed by atoms with Crippen molar-refractivity contribution in [1.29, 1.82) is 0 Å². The second kappa shape index (κ2) is 2.70. The van der Waals surface area contributed by atoms with Gasteiger partial charge in [-0.3, -0.25) is 9.59 Å². The smallest absolute Gasteiger partial charge is 0.246 e. The van der Waals surface area contributed by atoms with Gasteiger partial charge in [0.2, 0.25) is 5.91 Å². The van der Waals surface area contributed by atoms with Crippen molar-refractivity contribution < 1.29 is 9.59 Å². The molecule has 1 saturated heterocycles. The number of ketones is 1. The first-order valence-corrected chi connectivity index (χ1v) is 3.30. The molecule has 1 unspecified atom stereocenters. The van der Waals surface area contributed by atoms with E-state index in [1.54, 1.807) is 0 Å². The van der Waals surface area contributed by atoms with Crippen LogP contribution in [0.2, 0.25) is 0 Å². The zero-order valence-electron chi connectivity index (χ0n) is 6.12. The number of carbonyl (C=O) groups excluding carboxylic acids is 2. The summed E-state index contributed by atoms with van der Waals surface area (Å²) >= 11 is 0. The molecule has 0 saturated carbocycles. The van der Waals surface area contributed by atoms with Crippen molar-refractivity contribution in [3.05, 3.63) is 25.3 Å². The van der Waals surface area contributed by atoms with Crippen LogP contribution in [0.3, 0.4) is 0 Å². The SMILES string of the molecule is C=CC(=O)C1CN1C(=O)C=C. The van der Waals surface area contributed by atoms with Gasteiger partial charge in [-0.1, -0.05) is 13.2 Å². The molecule has 1 fully saturated rings. The second-order valence-electron chi connectivity index (χ2n) is 2.32. The van der Waals surface area contributed by atoms with Crippen LogP contribution in [0.4, 0.5) is 0 Å². The highest BCUT2D eigenvalue weighted by atomic mass is 16.2. The summed E-state index contributed by atoms with van der Waals surface area (Å²) in [5.74, 6) is -0.287. The van der Waals surface area contributed by atoms with E-state index in [0.717, 1.165) is 0 Å². The molecule has 0 spiro atoms. The Morgan fingerprint density at radius 3 is 2.45 bits per heavy atom. The van der Waals surface area contributed by atoms with Crippen LogP contribution in [0.25, 0.3) is 0 Å². The topological polar surface area (TPSA) is 37.1 Å². The molecule has 1 atom stereocenters. The van der Waals surface area contributed by atoms with E-state index in [4.69, 9.17) is 0 Å². The Morgan fingerprint density at radius 2 is 2.00 bits per heavy atom. The van der Waals surface area contributed by atoms with Gasteiger partial charge in [-0.15, -0.1) is 0 Å². The fourth-order valence-electron chi connectivity index (χ4n) is 0.880. The van der Waals surface area contributed by atoms with E-state index in [2.05, 4.69) is 13.2 Å². The Morgan fingerprint density at radius 1 is 1.36 bits per heavy atom. The fourth-order valence-corrected chi connectivity index (χ4v) is 0.880. The summed E-state index contributed by atoms with van der Waals surface area (Å²) in [6, 6.07) is -0.266. The minimum Gasteiger partial charge on any atom is -0.324 e. The van der Waals surface area contributed by atoms with Gasteiger partial charge in [0.1, 0.15) is 6.04 Å². The largest absolute Gasteiger partial charge is 0.324 e. The molecule has 58 valence electrons. The molecule has 0 aromatic carbocycles. The predicted octanol–water partition coefficient (Wildman–Crippen LogP) is 0.138. The van der Waals surface area contributed by atoms with Crippen LogP contribution in [0.1, 0.15) is 0 Å². The third kappa shape index (κ3) is 1.37. The molecular weight excluding hydrogens is 142 g/mol. The number of amides is 1. The summed E-state index contributed by atoms with van der Waals surface area (Å²) in [6.07, 6.45) is 2.44. The maximum absolute atomic E-state index is 10.9. The molecule has 1 rings (SSSR count). The molecule has 0 bridgehead atoms. The van der Waals surface area contributed by atoms with E-state index in [0.29, 0.717) is 6.54 Å². The second-order valence-corrected chi connectivity index (χ2v) is 2.32. The molecule has 0 aromatic rings. The Kier molecular flexibility index (Phi) is 1.89. The lowest BCUT2D eigenvalue weighted by Crippen LogP contribution is -2.14. The highest BCUT2D eigenvalue weighted by molar-refractivity contribution is 6.02. The zero-order valence-corrected chi connectivity index (χ0v) is 6.12. The van der Waals surface area contributed by atoms with Gasteiger partial charge in [0.05, 0.1) is 0 Å². The molecule has 0 radical (unpaired) electrons. The van der Waals surface area contributed by atoms with Crippen molar-refractivity contribution in [3.63, 3.8) is 0 Å². The van der Waals surface area contributed by atoms with Gasteiger partial charge in [-0.25, -0.2) is 0 Å². The summed E-state index contributed by atoms with van der Waals surface area (Å²) in [6.45, 7) is 7.15. The lowest BCUT2D eigenvalue weighted by atomic mass is 10.3. The van der Waals surface area contributed by atoms with Gasteiger partial charge >= 0.3 is 0 Å². The van der Waals surface area contributed by atoms with Crippen LogP contribution in [0.15, 0.2) is 25.3 Å². The average molecular weight is 151 g/mol. The molecular formula is C8H9NO2. The highest BCUT2D eigenvalue weighted by Crippen LogP contribution is 2.18. The summed E-state index contributed by atoms with van der Waals surface area (Å²) in [7, 11) is 0. The van der Waals surface area contributed by atoms with Crippen molar-refractivity contribution >= 4 is 11.7 Å². The van der Waals surface area contributed by atoms with Crippen molar-refractivity contribution in [3.8, 4) is 0 Å². The Hall–Kier alpha value is -1.38. The van der Waals surface area contributed by atoms with E-state index in [1.165, 1.54) is 17.1 Å². The van der Waals surface area contributed by atoms with Gasteiger partial charge in [-0.2, -0.15) is 0 Å². The standard InChI is InChI=1S/C8H9NO2/c1-3-7(10)6-5-9(6)8(11)4-2/h3-4,6H,1-2,5H2. The van der Waals surface area contributed by atoms with E-state index < -0.39 is 0 Å². The van der Waals surface area contributed by atoms with Crippen molar-refractivity contribution in [2.24, 2.45) is 0 Å². The van der Waals surface area contributed by atoms with Crippen molar-refractivity contribution in [2.45, 2.75) is 6.04 Å². The molecule has 1 aliphatic rings. The lowest BCUT2D eigenvalue weighted by molar-refractivity contribution is -0.124. The third-order valence-electron chi connectivity index (χ3n) is 1.60. The average Bonchev–Trinajstić information content (AvgIpc) is 2.80. The van der Waals surface area contributed by atoms with E-state index >= 15 is 0 Å². The van der Waals surface area contributed by atoms with Crippen LogP contribution < -0.4 is 0 Å². The first kappa shape index (κ1) is 7.72. The van der Waals surface area contributed by atoms with Gasteiger partial charge in [0, 0.05) is 6.54 Å². The molecule has 3 nitrogen and oxygen atoms in total. The van der Waals surface area contributed by atoms with Crippen LogP contribution in [0, 0.1) is 0 Å². The normalized spacial score (nSPS) is 20.7. The number of hydrogen-bond acceptors (Lipinski definition) is 2. The monoisotopic (exact) mass is 151 g/mol. The molecule has 1 heterocycles. The summed E-state index contributed by atoms with van der Waals surface area (Å²) in [5, 5.41) is 0. The summed E-state index contributed by atoms with van der Waals surface area (Å²) in [5.41, 5.74) is 0. The highest BCUT2D eigenvalue weighted by Gasteiger charge is 2.41. The van der Waals surface area contributed by atoms with Crippen LogP contribution >= 0.6 is 0 Å². The predicted molar refractivity (Wildman–Crippen MR) is 40.9 cm³/mol. The quantitative estimate of drug-likeness (QED) is 0.425. The number of nitrogens with zero attached hydrogens (tertiary/aromatic N) is 1. The van der Waals surface area contributed by atoms with Crippen LogP contribution in [0.5, 0.6) is 0 Å². The van der Waals surface area contributed by atoms with Gasteiger partial charge in [0.25, 0.3) is 0 Å². The van der Waals surface area contributed by atoms with Crippen molar-refractivity contribution in [2.75, 3.05) is 6.54 Å². The molecule has 1 aliphatic heterocycles. The van der Waals surface area contributed by atoms with E-state index in [9.17, 15) is 9.59 Å². The molecule has 0 N–H and O–H groups in total. The molecule has 11 heavy (non-hydrogen) atoms. The van der Waals surface area contributed by atoms with Gasteiger partial charge in [-0.05, 0) is 12.2 Å². The van der Waals surface area contributed by atoms with Gasteiger partial charge < -0.3 is 4.90 Å². The lowest BCUT2D eigenvalue weighted by Gasteiger charge is -1.94. The Bertz CT molecular complexity index is 208.